The second-order valence-electron chi connectivity index (χ2n) is 9.77. The smallest absolute Gasteiger partial charge is 0.254 e. The molecule has 6 rings (SSSR count). The molecule has 2 saturated heterocycles. The van der Waals surface area contributed by atoms with Gasteiger partial charge in [-0.25, -0.2) is 23.4 Å². The first-order valence-corrected chi connectivity index (χ1v) is 13.2. The molecular formula is C27H28F2N8O3. The molecule has 11 nitrogen and oxygen atoms in total. The Balaban J connectivity index is 1.18. The molecule has 1 N–H and O–H groups in total. The number of piperazine rings is 1. The summed E-state index contributed by atoms with van der Waals surface area (Å²) in [7, 11) is 0. The molecule has 2 aromatic carbocycles. The lowest BCUT2D eigenvalue weighted by atomic mass is 10.1. The van der Waals surface area contributed by atoms with Gasteiger partial charge in [-0.05, 0) is 30.3 Å². The Bertz CT molecular complexity index is 1530. The highest BCUT2D eigenvalue weighted by atomic mass is 19.2. The van der Waals surface area contributed by atoms with Crippen molar-refractivity contribution in [2.24, 2.45) is 0 Å². The Morgan fingerprint density at radius 3 is 2.48 bits per heavy atom. The highest BCUT2D eigenvalue weighted by molar-refractivity contribution is 5.94. The third kappa shape index (κ3) is 5.29. The number of ether oxygens (including phenoxy) is 1. The van der Waals surface area contributed by atoms with Crippen LogP contribution >= 0.6 is 0 Å². The Morgan fingerprint density at radius 1 is 0.925 bits per heavy atom. The highest BCUT2D eigenvalue weighted by Gasteiger charge is 2.25. The number of rotatable bonds is 6. The van der Waals surface area contributed by atoms with Crippen LogP contribution in [0.25, 0.3) is 22.6 Å². The number of carbonyl (C=O) groups is 1. The molecule has 1 amide bonds. The number of fused-ring (bicyclic) bond motifs is 1. The quantitative estimate of drug-likeness (QED) is 0.386. The fourth-order valence-electron chi connectivity index (χ4n) is 4.98. The fraction of sp³-hybridized carbons (Fsp3) is 0.370. The van der Waals surface area contributed by atoms with Crippen LogP contribution in [0.5, 0.6) is 5.75 Å². The number of aromatic nitrogens is 5. The number of benzene rings is 2. The summed E-state index contributed by atoms with van der Waals surface area (Å²) >= 11 is 0. The van der Waals surface area contributed by atoms with E-state index in [1.807, 2.05) is 6.07 Å². The lowest BCUT2D eigenvalue weighted by molar-refractivity contribution is 0.0631. The van der Waals surface area contributed by atoms with Crippen molar-refractivity contribution in [3.63, 3.8) is 0 Å². The summed E-state index contributed by atoms with van der Waals surface area (Å²) < 4.78 is 34.1. The summed E-state index contributed by atoms with van der Waals surface area (Å²) in [5.74, 6) is -1.04. The minimum atomic E-state index is -1.03. The molecule has 0 spiro atoms. The number of phenolic OH excluding ortho intramolecular Hbond substituents is 1. The third-order valence-electron chi connectivity index (χ3n) is 7.21. The van der Waals surface area contributed by atoms with Gasteiger partial charge in [0.25, 0.3) is 5.91 Å². The molecule has 0 unspecified atom stereocenters. The van der Waals surface area contributed by atoms with Crippen LogP contribution in [0.1, 0.15) is 10.4 Å². The Kier molecular flexibility index (Phi) is 7.22. The van der Waals surface area contributed by atoms with E-state index in [9.17, 15) is 18.7 Å². The number of nitrogens with zero attached hydrogens (tertiary/aromatic N) is 8. The van der Waals surface area contributed by atoms with Gasteiger partial charge in [0.15, 0.2) is 34.4 Å². The van der Waals surface area contributed by atoms with Gasteiger partial charge in [-0.1, -0.05) is 17.3 Å². The average molecular weight is 551 g/mol. The second kappa shape index (κ2) is 11.1. The average Bonchev–Trinajstić information content (AvgIpc) is 3.40. The summed E-state index contributed by atoms with van der Waals surface area (Å²) in [5, 5.41) is 18.8. The maximum absolute atomic E-state index is 13.6. The van der Waals surface area contributed by atoms with Crippen LogP contribution in [0.3, 0.4) is 0 Å². The van der Waals surface area contributed by atoms with Gasteiger partial charge >= 0.3 is 0 Å². The van der Waals surface area contributed by atoms with E-state index in [1.165, 1.54) is 6.07 Å². The summed E-state index contributed by atoms with van der Waals surface area (Å²) in [6.07, 6.45) is 0. The van der Waals surface area contributed by atoms with Crippen LogP contribution in [-0.4, -0.2) is 105 Å². The first kappa shape index (κ1) is 26.0. The zero-order valence-corrected chi connectivity index (χ0v) is 21.7. The maximum atomic E-state index is 13.6. The molecule has 0 bridgehead atoms. The molecule has 13 heteroatoms. The molecule has 208 valence electrons. The van der Waals surface area contributed by atoms with Crippen molar-refractivity contribution >= 4 is 22.9 Å². The Labute approximate surface area is 228 Å². The lowest BCUT2D eigenvalue weighted by Gasteiger charge is -2.34. The van der Waals surface area contributed by atoms with Crippen molar-refractivity contribution in [3.8, 4) is 17.1 Å². The highest BCUT2D eigenvalue weighted by Crippen LogP contribution is 2.28. The molecule has 0 aliphatic carbocycles. The van der Waals surface area contributed by atoms with Crippen LogP contribution in [0, 0.1) is 11.6 Å². The third-order valence-corrected chi connectivity index (χ3v) is 7.21. The normalized spacial score (nSPS) is 16.6. The van der Waals surface area contributed by atoms with Crippen LogP contribution in [0.15, 0.2) is 42.5 Å². The van der Waals surface area contributed by atoms with Gasteiger partial charge in [0.2, 0.25) is 0 Å². The number of hydrogen-bond acceptors (Lipinski definition) is 9. The minimum Gasteiger partial charge on any atom is -0.508 e. The predicted molar refractivity (Wildman–Crippen MR) is 142 cm³/mol. The van der Waals surface area contributed by atoms with Crippen LogP contribution in [0.2, 0.25) is 0 Å². The summed E-state index contributed by atoms with van der Waals surface area (Å²) in [6, 6.07) is 10.0. The van der Waals surface area contributed by atoms with E-state index in [1.54, 1.807) is 27.8 Å². The van der Waals surface area contributed by atoms with E-state index < -0.39 is 11.6 Å². The molecular weight excluding hydrogens is 522 g/mol. The molecule has 4 aromatic rings. The maximum Gasteiger partial charge on any atom is 0.254 e. The van der Waals surface area contributed by atoms with Crippen LogP contribution in [-0.2, 0) is 11.3 Å². The number of aromatic hydroxyl groups is 1. The molecule has 2 aromatic heterocycles. The number of anilines is 1. The number of halogens is 2. The van der Waals surface area contributed by atoms with E-state index in [0.29, 0.717) is 93.9 Å². The van der Waals surface area contributed by atoms with E-state index in [2.05, 4.69) is 20.1 Å². The van der Waals surface area contributed by atoms with Crippen molar-refractivity contribution in [1.29, 1.82) is 0 Å². The SMILES string of the molecule is O=C(c1ccc(F)c(F)c1)N1CCN(CCn2nnc3c(N4CCOCC4)nc(-c4cccc(O)c4)nc32)CC1. The minimum absolute atomic E-state index is 0.128. The molecule has 0 saturated carbocycles. The number of amides is 1. The first-order chi connectivity index (χ1) is 19.5. The van der Waals surface area contributed by atoms with Gasteiger partial charge < -0.3 is 19.6 Å². The van der Waals surface area contributed by atoms with E-state index in [-0.39, 0.29) is 17.2 Å². The van der Waals surface area contributed by atoms with Gasteiger partial charge in [-0.2, -0.15) is 0 Å². The van der Waals surface area contributed by atoms with E-state index >= 15 is 0 Å². The summed E-state index contributed by atoms with van der Waals surface area (Å²) in [5.41, 5.74) is 2.03. The van der Waals surface area contributed by atoms with Gasteiger partial charge in [0, 0.05) is 56.9 Å². The van der Waals surface area contributed by atoms with Crippen molar-refractivity contribution in [2.45, 2.75) is 6.54 Å². The first-order valence-electron chi connectivity index (χ1n) is 13.2. The number of carbonyl (C=O) groups excluding carboxylic acids is 1. The van der Waals surface area contributed by atoms with Crippen LogP contribution < -0.4 is 4.90 Å². The molecule has 2 fully saturated rings. The zero-order chi connectivity index (χ0) is 27.6. The molecule has 2 aliphatic heterocycles. The lowest BCUT2D eigenvalue weighted by Crippen LogP contribution is -2.49. The molecule has 0 radical (unpaired) electrons. The van der Waals surface area contributed by atoms with Gasteiger partial charge in [-0.15, -0.1) is 5.10 Å². The predicted octanol–water partition coefficient (Wildman–Crippen LogP) is 2.17. The van der Waals surface area contributed by atoms with E-state index in [0.717, 1.165) is 12.1 Å². The molecule has 2 aliphatic rings. The molecule has 40 heavy (non-hydrogen) atoms. The van der Waals surface area contributed by atoms with Crippen molar-refractivity contribution in [2.75, 3.05) is 63.9 Å². The van der Waals surface area contributed by atoms with Gasteiger partial charge in [0.05, 0.1) is 19.8 Å². The molecule has 0 atom stereocenters. The largest absolute Gasteiger partial charge is 0.508 e. The Hall–Kier alpha value is -4.23. The number of phenols is 1. The number of hydrogen-bond donors (Lipinski definition) is 1. The van der Waals surface area contributed by atoms with Crippen molar-refractivity contribution < 1.29 is 23.4 Å². The van der Waals surface area contributed by atoms with Gasteiger partial charge in [-0.3, -0.25) is 9.69 Å². The van der Waals surface area contributed by atoms with E-state index in [4.69, 9.17) is 14.7 Å². The topological polar surface area (TPSA) is 113 Å². The van der Waals surface area contributed by atoms with Crippen molar-refractivity contribution in [1.82, 2.24) is 34.8 Å². The summed E-state index contributed by atoms with van der Waals surface area (Å²) in [6.45, 7) is 5.91. The number of morpholine rings is 1. The zero-order valence-electron chi connectivity index (χ0n) is 21.7. The standard InChI is InChI=1S/C27H28F2N8O3/c28-21-5-4-19(17-22(21)29)27(39)36-9-6-34(7-10-36)8-11-37-26-23(32-33-37)25(35-12-14-40-15-13-35)30-24(31-26)18-2-1-3-20(38)16-18/h1-5,16-17,38H,6-15H2. The second-order valence-corrected chi connectivity index (χ2v) is 9.77. The van der Waals surface area contributed by atoms with Crippen molar-refractivity contribution in [3.05, 3.63) is 59.7 Å². The summed E-state index contributed by atoms with van der Waals surface area (Å²) in [4.78, 5) is 28.3. The van der Waals surface area contributed by atoms with Gasteiger partial charge in [0.1, 0.15) is 5.75 Å². The monoisotopic (exact) mass is 550 g/mol. The van der Waals surface area contributed by atoms with Crippen LogP contribution in [0.4, 0.5) is 14.6 Å². The molecule has 4 heterocycles. The Morgan fingerprint density at radius 2 is 1.73 bits per heavy atom. The fourth-order valence-corrected chi connectivity index (χ4v) is 4.98.